The van der Waals surface area contributed by atoms with Crippen LogP contribution in [0.2, 0.25) is 0 Å². The monoisotopic (exact) mass is 206 g/mol. The lowest BCUT2D eigenvalue weighted by Crippen LogP contribution is -2.40. The maximum absolute atomic E-state index is 4.06. The lowest BCUT2D eigenvalue weighted by atomic mass is 9.94. The van der Waals surface area contributed by atoms with Gasteiger partial charge in [-0.3, -0.25) is 4.90 Å². The highest BCUT2D eigenvalue weighted by molar-refractivity contribution is 4.98. The molecule has 0 radical (unpaired) electrons. The SMILES string of the molecule is c1ncc(CN2C[C@@H]3CCCN[C@@H]3C2)[nH]1. The molecule has 4 nitrogen and oxygen atoms in total. The molecular weight excluding hydrogens is 188 g/mol. The van der Waals surface area contributed by atoms with Crippen LogP contribution in [0, 0.1) is 5.92 Å². The Labute approximate surface area is 90.1 Å². The van der Waals surface area contributed by atoms with Gasteiger partial charge in [0.25, 0.3) is 0 Å². The van der Waals surface area contributed by atoms with Crippen molar-refractivity contribution in [2.24, 2.45) is 5.92 Å². The van der Waals surface area contributed by atoms with Gasteiger partial charge in [-0.05, 0) is 25.3 Å². The molecule has 15 heavy (non-hydrogen) atoms. The van der Waals surface area contributed by atoms with E-state index in [0.717, 1.165) is 18.5 Å². The molecule has 0 bridgehead atoms. The van der Waals surface area contributed by atoms with E-state index in [1.165, 1.54) is 38.2 Å². The number of nitrogens with zero attached hydrogens (tertiary/aromatic N) is 2. The summed E-state index contributed by atoms with van der Waals surface area (Å²) in [6.45, 7) is 4.67. The molecule has 0 spiro atoms. The second-order valence-electron chi connectivity index (χ2n) is 4.73. The third-order valence-electron chi connectivity index (χ3n) is 3.62. The number of piperidine rings is 1. The number of hydrogen-bond acceptors (Lipinski definition) is 3. The normalized spacial score (nSPS) is 31.7. The molecule has 2 aliphatic rings. The number of likely N-dealkylation sites (tertiary alicyclic amines) is 1. The number of nitrogens with one attached hydrogen (secondary N) is 2. The van der Waals surface area contributed by atoms with E-state index < -0.39 is 0 Å². The fourth-order valence-electron chi connectivity index (χ4n) is 2.88. The van der Waals surface area contributed by atoms with Crippen molar-refractivity contribution in [3.05, 3.63) is 18.2 Å². The van der Waals surface area contributed by atoms with Crippen molar-refractivity contribution < 1.29 is 0 Å². The lowest BCUT2D eigenvalue weighted by Gasteiger charge is -2.24. The summed E-state index contributed by atoms with van der Waals surface area (Å²) in [7, 11) is 0. The summed E-state index contributed by atoms with van der Waals surface area (Å²) in [4.78, 5) is 9.76. The van der Waals surface area contributed by atoms with E-state index in [4.69, 9.17) is 0 Å². The zero-order valence-electron chi connectivity index (χ0n) is 8.95. The summed E-state index contributed by atoms with van der Waals surface area (Å²) in [5.41, 5.74) is 1.23. The molecule has 3 heterocycles. The molecule has 1 aromatic rings. The molecule has 2 fully saturated rings. The molecule has 0 aromatic carbocycles. The van der Waals surface area contributed by atoms with Gasteiger partial charge in [0.2, 0.25) is 0 Å². The van der Waals surface area contributed by atoms with Crippen LogP contribution < -0.4 is 5.32 Å². The quantitative estimate of drug-likeness (QED) is 0.744. The number of rotatable bonds is 2. The highest BCUT2D eigenvalue weighted by Gasteiger charge is 2.33. The van der Waals surface area contributed by atoms with Crippen molar-refractivity contribution in [3.63, 3.8) is 0 Å². The Hall–Kier alpha value is -0.870. The van der Waals surface area contributed by atoms with Gasteiger partial charge >= 0.3 is 0 Å². The van der Waals surface area contributed by atoms with E-state index in [1.807, 2.05) is 6.20 Å². The first-order chi connectivity index (χ1) is 7.42. The summed E-state index contributed by atoms with van der Waals surface area (Å²) in [6.07, 6.45) is 6.43. The average molecular weight is 206 g/mol. The molecule has 0 saturated carbocycles. The number of H-pyrrole nitrogens is 1. The minimum atomic E-state index is 0.738. The summed E-state index contributed by atoms with van der Waals surface area (Å²) < 4.78 is 0. The Morgan fingerprint density at radius 3 is 3.27 bits per heavy atom. The largest absolute Gasteiger partial charge is 0.347 e. The van der Waals surface area contributed by atoms with Gasteiger partial charge < -0.3 is 10.3 Å². The van der Waals surface area contributed by atoms with Crippen LogP contribution in [0.4, 0.5) is 0 Å². The van der Waals surface area contributed by atoms with Gasteiger partial charge in [-0.1, -0.05) is 0 Å². The molecule has 0 unspecified atom stereocenters. The first-order valence-electron chi connectivity index (χ1n) is 5.85. The average Bonchev–Trinajstić information content (AvgIpc) is 2.86. The Kier molecular flexibility index (Phi) is 2.46. The van der Waals surface area contributed by atoms with Crippen molar-refractivity contribution in [2.75, 3.05) is 19.6 Å². The van der Waals surface area contributed by atoms with E-state index in [-0.39, 0.29) is 0 Å². The van der Waals surface area contributed by atoms with Crippen LogP contribution in [-0.4, -0.2) is 40.5 Å². The Morgan fingerprint density at radius 1 is 1.47 bits per heavy atom. The van der Waals surface area contributed by atoms with Crippen molar-refractivity contribution in [1.29, 1.82) is 0 Å². The van der Waals surface area contributed by atoms with Crippen LogP contribution in [0.3, 0.4) is 0 Å². The van der Waals surface area contributed by atoms with Gasteiger partial charge in [0.05, 0.1) is 6.33 Å². The molecule has 0 amide bonds. The van der Waals surface area contributed by atoms with Crippen LogP contribution in [0.25, 0.3) is 0 Å². The third kappa shape index (κ3) is 1.92. The highest BCUT2D eigenvalue weighted by Crippen LogP contribution is 2.25. The number of hydrogen-bond donors (Lipinski definition) is 2. The molecule has 3 rings (SSSR count). The van der Waals surface area contributed by atoms with Gasteiger partial charge in [-0.15, -0.1) is 0 Å². The molecule has 82 valence electrons. The summed E-state index contributed by atoms with van der Waals surface area (Å²) in [5, 5.41) is 3.62. The maximum Gasteiger partial charge on any atom is 0.0922 e. The molecular formula is C11H18N4. The van der Waals surface area contributed by atoms with Gasteiger partial charge in [0.15, 0.2) is 0 Å². The second-order valence-corrected chi connectivity index (χ2v) is 4.73. The van der Waals surface area contributed by atoms with Crippen molar-refractivity contribution in [2.45, 2.75) is 25.4 Å². The first-order valence-corrected chi connectivity index (χ1v) is 5.85. The number of imidazole rings is 1. The van der Waals surface area contributed by atoms with Gasteiger partial charge in [-0.2, -0.15) is 0 Å². The number of aromatic nitrogens is 2. The molecule has 2 aliphatic heterocycles. The fourth-order valence-corrected chi connectivity index (χ4v) is 2.88. The second kappa shape index (κ2) is 3.94. The van der Waals surface area contributed by atoms with Crippen LogP contribution in [0.15, 0.2) is 12.5 Å². The van der Waals surface area contributed by atoms with E-state index in [9.17, 15) is 0 Å². The van der Waals surface area contributed by atoms with E-state index in [0.29, 0.717) is 0 Å². The smallest absolute Gasteiger partial charge is 0.0922 e. The Balaban J connectivity index is 1.60. The van der Waals surface area contributed by atoms with E-state index in [1.54, 1.807) is 6.33 Å². The summed E-state index contributed by atoms with van der Waals surface area (Å²) >= 11 is 0. The van der Waals surface area contributed by atoms with Crippen LogP contribution >= 0.6 is 0 Å². The molecule has 2 saturated heterocycles. The minimum Gasteiger partial charge on any atom is -0.347 e. The molecule has 0 aliphatic carbocycles. The van der Waals surface area contributed by atoms with Crippen molar-refractivity contribution in [3.8, 4) is 0 Å². The van der Waals surface area contributed by atoms with Crippen LogP contribution in [-0.2, 0) is 6.54 Å². The standard InChI is InChI=1S/C11H18N4/c1-2-9-5-15(7-11(9)13-3-1)6-10-4-12-8-14-10/h4,8-9,11,13H,1-3,5-7H2,(H,12,14)/t9-,11+/m0/s1. The van der Waals surface area contributed by atoms with Gasteiger partial charge in [-0.25, -0.2) is 4.98 Å². The van der Waals surface area contributed by atoms with E-state index in [2.05, 4.69) is 20.2 Å². The fraction of sp³-hybridized carbons (Fsp3) is 0.727. The highest BCUT2D eigenvalue weighted by atomic mass is 15.2. The van der Waals surface area contributed by atoms with Gasteiger partial charge in [0.1, 0.15) is 0 Å². The predicted octanol–water partition coefficient (Wildman–Crippen LogP) is 0.593. The first kappa shape index (κ1) is 9.36. The molecule has 2 N–H and O–H groups in total. The Morgan fingerprint density at radius 2 is 2.47 bits per heavy atom. The topological polar surface area (TPSA) is 44.0 Å². The zero-order valence-corrected chi connectivity index (χ0v) is 8.95. The zero-order chi connectivity index (χ0) is 10.1. The van der Waals surface area contributed by atoms with E-state index >= 15 is 0 Å². The molecule has 2 atom stereocenters. The Bertz CT molecular complexity index is 294. The molecule has 4 heteroatoms. The maximum atomic E-state index is 4.06. The minimum absolute atomic E-state index is 0.738. The predicted molar refractivity (Wildman–Crippen MR) is 58.4 cm³/mol. The summed E-state index contributed by atoms with van der Waals surface area (Å²) in [5.74, 6) is 0.877. The number of aromatic amines is 1. The third-order valence-corrected chi connectivity index (χ3v) is 3.62. The van der Waals surface area contributed by atoms with Crippen LogP contribution in [0.5, 0.6) is 0 Å². The van der Waals surface area contributed by atoms with Crippen LogP contribution in [0.1, 0.15) is 18.5 Å². The molecule has 1 aromatic heterocycles. The summed E-state index contributed by atoms with van der Waals surface area (Å²) in [6, 6.07) is 0.738. The number of fused-ring (bicyclic) bond motifs is 1. The van der Waals surface area contributed by atoms with Crippen molar-refractivity contribution >= 4 is 0 Å². The van der Waals surface area contributed by atoms with Crippen molar-refractivity contribution in [1.82, 2.24) is 20.2 Å². The van der Waals surface area contributed by atoms with Gasteiger partial charge in [0, 0.05) is 37.6 Å². The lowest BCUT2D eigenvalue weighted by molar-refractivity contribution is 0.309.